The third-order valence-electron chi connectivity index (χ3n) is 5.05. The molecule has 0 aromatic rings. The number of hydrogen-bond donors (Lipinski definition) is 0. The molecule has 2 unspecified atom stereocenters. The Labute approximate surface area is 118 Å². The molecule has 0 aromatic carbocycles. The van der Waals surface area contributed by atoms with E-state index in [2.05, 4.69) is 11.8 Å². The number of carbonyl (C=O) groups is 1. The van der Waals surface area contributed by atoms with Crippen molar-refractivity contribution < 1.29 is 4.79 Å². The third kappa shape index (κ3) is 4.91. The van der Waals surface area contributed by atoms with E-state index in [1.54, 1.807) is 0 Å². The van der Waals surface area contributed by atoms with Crippen molar-refractivity contribution in [2.75, 3.05) is 19.6 Å². The second-order valence-corrected chi connectivity index (χ2v) is 6.65. The van der Waals surface area contributed by atoms with E-state index in [-0.39, 0.29) is 0 Å². The predicted molar refractivity (Wildman–Crippen MR) is 80.3 cm³/mol. The third-order valence-corrected chi connectivity index (χ3v) is 5.05. The zero-order valence-corrected chi connectivity index (χ0v) is 12.7. The summed E-state index contributed by atoms with van der Waals surface area (Å²) < 4.78 is 0. The first-order valence-electron chi connectivity index (χ1n) is 8.54. The van der Waals surface area contributed by atoms with Crippen molar-refractivity contribution >= 4 is 5.78 Å². The molecule has 1 heterocycles. The van der Waals surface area contributed by atoms with Crippen molar-refractivity contribution in [3.8, 4) is 0 Å². The topological polar surface area (TPSA) is 20.3 Å². The fourth-order valence-corrected chi connectivity index (χ4v) is 3.84. The molecular weight excluding hydrogens is 234 g/mol. The van der Waals surface area contributed by atoms with E-state index in [0.717, 1.165) is 31.7 Å². The van der Waals surface area contributed by atoms with Crippen molar-refractivity contribution in [2.24, 2.45) is 11.8 Å². The van der Waals surface area contributed by atoms with Gasteiger partial charge in [-0.1, -0.05) is 32.6 Å². The lowest BCUT2D eigenvalue weighted by Crippen LogP contribution is -2.33. The molecule has 0 spiro atoms. The summed E-state index contributed by atoms with van der Waals surface area (Å²) in [4.78, 5) is 14.7. The predicted octanol–water partition coefficient (Wildman–Crippen LogP) is 4.04. The van der Waals surface area contributed by atoms with Crippen molar-refractivity contribution in [3.63, 3.8) is 0 Å². The zero-order chi connectivity index (χ0) is 13.5. The molecular formula is C17H31NO. The molecule has 0 amide bonds. The molecule has 2 atom stereocenters. The van der Waals surface area contributed by atoms with Gasteiger partial charge in [-0.05, 0) is 51.1 Å². The Kier molecular flexibility index (Phi) is 6.36. The van der Waals surface area contributed by atoms with Crippen LogP contribution >= 0.6 is 0 Å². The number of carbonyl (C=O) groups excluding carboxylic acids is 1. The summed E-state index contributed by atoms with van der Waals surface area (Å²) in [5.41, 5.74) is 0. The first-order chi connectivity index (χ1) is 9.29. The summed E-state index contributed by atoms with van der Waals surface area (Å²) in [5, 5.41) is 0. The number of likely N-dealkylation sites (tertiary alicyclic amines) is 1. The highest BCUT2D eigenvalue weighted by Crippen LogP contribution is 2.25. The first kappa shape index (κ1) is 15.0. The molecule has 2 heteroatoms. The van der Waals surface area contributed by atoms with Gasteiger partial charge in [0.1, 0.15) is 5.78 Å². The highest BCUT2D eigenvalue weighted by atomic mass is 16.1. The van der Waals surface area contributed by atoms with Gasteiger partial charge < -0.3 is 4.90 Å². The summed E-state index contributed by atoms with van der Waals surface area (Å²) in [6, 6.07) is 0. The van der Waals surface area contributed by atoms with Gasteiger partial charge in [-0.3, -0.25) is 4.79 Å². The van der Waals surface area contributed by atoms with Crippen LogP contribution in [-0.4, -0.2) is 30.3 Å². The standard InChI is InChI=1S/C17H31NO/c1-2-7-15-8-6-12-18(13-11-15)14-16-9-4-3-5-10-17(16)19/h15-16H,2-14H2,1H3. The van der Waals surface area contributed by atoms with Gasteiger partial charge in [-0.25, -0.2) is 0 Å². The monoisotopic (exact) mass is 265 g/mol. The summed E-state index contributed by atoms with van der Waals surface area (Å²) >= 11 is 0. The van der Waals surface area contributed by atoms with Crippen LogP contribution in [0.2, 0.25) is 0 Å². The molecule has 1 saturated carbocycles. The van der Waals surface area contributed by atoms with Gasteiger partial charge in [0.2, 0.25) is 0 Å². The van der Waals surface area contributed by atoms with Crippen molar-refractivity contribution in [1.29, 1.82) is 0 Å². The van der Waals surface area contributed by atoms with Gasteiger partial charge in [-0.15, -0.1) is 0 Å². The van der Waals surface area contributed by atoms with Crippen LogP contribution in [0.5, 0.6) is 0 Å². The van der Waals surface area contributed by atoms with E-state index in [0.29, 0.717) is 11.7 Å². The van der Waals surface area contributed by atoms with Gasteiger partial charge in [0.15, 0.2) is 0 Å². The Morgan fingerprint density at radius 3 is 2.79 bits per heavy atom. The van der Waals surface area contributed by atoms with E-state index in [1.165, 1.54) is 58.0 Å². The number of rotatable bonds is 4. The van der Waals surface area contributed by atoms with Gasteiger partial charge in [-0.2, -0.15) is 0 Å². The number of ketones is 1. The van der Waals surface area contributed by atoms with Crippen molar-refractivity contribution in [1.82, 2.24) is 4.90 Å². The number of hydrogen-bond acceptors (Lipinski definition) is 2. The Morgan fingerprint density at radius 2 is 1.95 bits per heavy atom. The maximum Gasteiger partial charge on any atom is 0.137 e. The van der Waals surface area contributed by atoms with Crippen LogP contribution in [-0.2, 0) is 4.79 Å². The van der Waals surface area contributed by atoms with E-state index >= 15 is 0 Å². The molecule has 0 N–H and O–H groups in total. The minimum Gasteiger partial charge on any atom is -0.303 e. The Morgan fingerprint density at radius 1 is 1.05 bits per heavy atom. The summed E-state index contributed by atoms with van der Waals surface area (Å²) in [6.45, 7) is 5.81. The van der Waals surface area contributed by atoms with Gasteiger partial charge in [0.05, 0.1) is 0 Å². The Bertz CT molecular complexity index is 276. The van der Waals surface area contributed by atoms with Crippen LogP contribution < -0.4 is 0 Å². The second kappa shape index (κ2) is 8.04. The lowest BCUT2D eigenvalue weighted by atomic mass is 9.96. The van der Waals surface area contributed by atoms with Crippen LogP contribution in [0.25, 0.3) is 0 Å². The van der Waals surface area contributed by atoms with Crippen LogP contribution in [0.4, 0.5) is 0 Å². The van der Waals surface area contributed by atoms with Crippen molar-refractivity contribution in [2.45, 2.75) is 71.1 Å². The molecule has 2 fully saturated rings. The van der Waals surface area contributed by atoms with Gasteiger partial charge >= 0.3 is 0 Å². The molecule has 0 aromatic heterocycles. The molecule has 1 aliphatic carbocycles. The minimum atomic E-state index is 0.352. The fraction of sp³-hybridized carbons (Fsp3) is 0.941. The zero-order valence-electron chi connectivity index (χ0n) is 12.7. The maximum absolute atomic E-state index is 12.1. The van der Waals surface area contributed by atoms with E-state index in [4.69, 9.17) is 0 Å². The lowest BCUT2D eigenvalue weighted by Gasteiger charge is -2.24. The van der Waals surface area contributed by atoms with E-state index in [1.807, 2.05) is 0 Å². The molecule has 1 saturated heterocycles. The smallest absolute Gasteiger partial charge is 0.137 e. The lowest BCUT2D eigenvalue weighted by molar-refractivity contribution is -0.123. The number of nitrogens with zero attached hydrogens (tertiary/aromatic N) is 1. The molecule has 1 aliphatic heterocycles. The average molecular weight is 265 g/mol. The van der Waals surface area contributed by atoms with E-state index in [9.17, 15) is 4.79 Å². The quantitative estimate of drug-likeness (QED) is 0.715. The maximum atomic E-state index is 12.1. The summed E-state index contributed by atoms with van der Waals surface area (Å²) in [6.07, 6.45) is 12.5. The average Bonchev–Trinajstić information content (AvgIpc) is 2.73. The van der Waals surface area contributed by atoms with Crippen LogP contribution in [0.1, 0.15) is 71.1 Å². The van der Waals surface area contributed by atoms with Crippen molar-refractivity contribution in [3.05, 3.63) is 0 Å². The summed E-state index contributed by atoms with van der Waals surface area (Å²) in [5.74, 6) is 1.84. The molecule has 110 valence electrons. The van der Waals surface area contributed by atoms with E-state index < -0.39 is 0 Å². The molecule has 2 rings (SSSR count). The van der Waals surface area contributed by atoms with Crippen LogP contribution in [0.3, 0.4) is 0 Å². The van der Waals surface area contributed by atoms with Crippen LogP contribution in [0.15, 0.2) is 0 Å². The van der Waals surface area contributed by atoms with Gasteiger partial charge in [0.25, 0.3) is 0 Å². The highest BCUT2D eigenvalue weighted by Gasteiger charge is 2.24. The molecule has 2 nitrogen and oxygen atoms in total. The molecule has 0 bridgehead atoms. The van der Waals surface area contributed by atoms with Crippen LogP contribution in [0, 0.1) is 11.8 Å². The molecule has 2 aliphatic rings. The first-order valence-corrected chi connectivity index (χ1v) is 8.54. The highest BCUT2D eigenvalue weighted by molar-refractivity contribution is 5.81. The SMILES string of the molecule is CCCC1CCCN(CC2CCCCCC2=O)CC1. The normalized spacial score (nSPS) is 30.9. The molecule has 19 heavy (non-hydrogen) atoms. The fourth-order valence-electron chi connectivity index (χ4n) is 3.84. The van der Waals surface area contributed by atoms with Gasteiger partial charge in [0, 0.05) is 18.9 Å². The summed E-state index contributed by atoms with van der Waals surface area (Å²) in [7, 11) is 0. The molecule has 0 radical (unpaired) electrons. The second-order valence-electron chi connectivity index (χ2n) is 6.65. The Balaban J connectivity index is 1.79. The largest absolute Gasteiger partial charge is 0.303 e. The Hall–Kier alpha value is -0.370. The minimum absolute atomic E-state index is 0.352. The number of Topliss-reactive ketones (excluding diaryl/α,β-unsaturated/α-hetero) is 1.